The van der Waals surface area contributed by atoms with Crippen LogP contribution in [0.2, 0.25) is 0 Å². The van der Waals surface area contributed by atoms with Gasteiger partial charge in [-0.3, -0.25) is 0 Å². The van der Waals surface area contributed by atoms with Crippen molar-refractivity contribution in [3.05, 3.63) is 40.8 Å². The number of nitrogens with zero attached hydrogens (tertiary/aromatic N) is 2. The van der Waals surface area contributed by atoms with Gasteiger partial charge in [0.2, 0.25) is 0 Å². The minimum absolute atomic E-state index is 0.128. The quantitative estimate of drug-likeness (QED) is 0.857. The van der Waals surface area contributed by atoms with Crippen LogP contribution in [0, 0.1) is 6.92 Å². The highest BCUT2D eigenvalue weighted by Crippen LogP contribution is 2.29. The van der Waals surface area contributed by atoms with Gasteiger partial charge in [-0.15, -0.1) is 0 Å². The van der Waals surface area contributed by atoms with Gasteiger partial charge in [-0.25, -0.2) is 9.97 Å². The van der Waals surface area contributed by atoms with E-state index in [4.69, 9.17) is 4.74 Å². The van der Waals surface area contributed by atoms with Gasteiger partial charge in [0.05, 0.1) is 7.11 Å². The van der Waals surface area contributed by atoms with Crippen molar-refractivity contribution in [1.29, 1.82) is 0 Å². The van der Waals surface area contributed by atoms with E-state index in [1.165, 1.54) is 13.2 Å². The summed E-state index contributed by atoms with van der Waals surface area (Å²) < 4.78 is 35.0. The third-order valence-corrected chi connectivity index (χ3v) is 4.22. The number of rotatable bonds is 6. The van der Waals surface area contributed by atoms with Crippen molar-refractivity contribution < 1.29 is 18.3 Å². The first-order valence-corrected chi connectivity index (χ1v) is 8.29. The maximum Gasteiger partial charge on any atom is 0.387 e. The molecule has 134 valence electrons. The second kappa shape index (κ2) is 7.63. The molecule has 0 atom stereocenters. The summed E-state index contributed by atoms with van der Waals surface area (Å²) in [6, 6.07) is 4.77. The van der Waals surface area contributed by atoms with Crippen molar-refractivity contribution in [2.24, 2.45) is 0 Å². The number of aromatic nitrogens is 2. The van der Waals surface area contributed by atoms with Gasteiger partial charge in [0.1, 0.15) is 23.1 Å². The van der Waals surface area contributed by atoms with Gasteiger partial charge < -0.3 is 14.8 Å². The Morgan fingerprint density at radius 2 is 2.00 bits per heavy atom. The van der Waals surface area contributed by atoms with E-state index in [0.717, 1.165) is 42.8 Å². The first kappa shape index (κ1) is 17.4. The fourth-order valence-corrected chi connectivity index (χ4v) is 3.07. The third-order valence-electron chi connectivity index (χ3n) is 4.22. The molecule has 0 unspecified atom stereocenters. The molecule has 0 saturated heterocycles. The molecule has 2 aromatic rings. The molecular weight excluding hydrogens is 328 g/mol. The van der Waals surface area contributed by atoms with Crippen LogP contribution in [0.15, 0.2) is 18.2 Å². The Kier molecular flexibility index (Phi) is 5.31. The first-order chi connectivity index (χ1) is 12.1. The largest absolute Gasteiger partial charge is 0.497 e. The summed E-state index contributed by atoms with van der Waals surface area (Å²) in [5, 5.41) is 3.26. The van der Waals surface area contributed by atoms with E-state index in [1.54, 1.807) is 12.1 Å². The molecule has 0 fully saturated rings. The number of benzene rings is 1. The van der Waals surface area contributed by atoms with Gasteiger partial charge in [-0.05, 0) is 50.8 Å². The SMILES string of the molecule is COc1ccc(OC(F)F)c(CNc2nc(C)nc3c2CCCC3)c1. The summed E-state index contributed by atoms with van der Waals surface area (Å²) in [6.07, 6.45) is 4.11. The fourth-order valence-electron chi connectivity index (χ4n) is 3.07. The zero-order valence-corrected chi connectivity index (χ0v) is 14.3. The minimum atomic E-state index is -2.87. The summed E-state index contributed by atoms with van der Waals surface area (Å²) in [6.45, 7) is -0.708. The van der Waals surface area contributed by atoms with Gasteiger partial charge in [0.15, 0.2) is 0 Å². The molecule has 0 aliphatic heterocycles. The summed E-state index contributed by atoms with van der Waals surface area (Å²) in [5.74, 6) is 2.19. The molecule has 0 amide bonds. The zero-order valence-electron chi connectivity index (χ0n) is 14.3. The molecule has 0 spiro atoms. The number of nitrogens with one attached hydrogen (secondary N) is 1. The number of methoxy groups -OCH3 is 1. The lowest BCUT2D eigenvalue weighted by molar-refractivity contribution is -0.0504. The van der Waals surface area contributed by atoms with E-state index >= 15 is 0 Å². The Bertz CT molecular complexity index is 753. The normalized spacial score (nSPS) is 13.5. The van der Waals surface area contributed by atoms with Crippen LogP contribution in [-0.4, -0.2) is 23.7 Å². The van der Waals surface area contributed by atoms with E-state index in [1.807, 2.05) is 6.92 Å². The molecule has 0 saturated carbocycles. The summed E-state index contributed by atoms with van der Waals surface area (Å²) in [7, 11) is 1.53. The molecule has 1 aliphatic rings. The highest BCUT2D eigenvalue weighted by atomic mass is 19.3. The van der Waals surface area contributed by atoms with Crippen molar-refractivity contribution in [2.45, 2.75) is 45.8 Å². The van der Waals surface area contributed by atoms with E-state index < -0.39 is 6.61 Å². The predicted octanol–water partition coefficient (Wildman–Crippen LogP) is 3.89. The Morgan fingerprint density at radius 1 is 1.20 bits per heavy atom. The standard InChI is InChI=1S/C18H21F2N3O2/c1-11-22-15-6-4-3-5-14(15)17(23-11)21-10-12-9-13(24-2)7-8-16(12)25-18(19)20/h7-9,18H,3-6,10H2,1-2H3,(H,21,22,23). The number of hydrogen-bond donors (Lipinski definition) is 1. The van der Waals surface area contributed by atoms with Crippen molar-refractivity contribution >= 4 is 5.82 Å². The number of halogens is 2. The number of aryl methyl sites for hydroxylation is 2. The summed E-state index contributed by atoms with van der Waals surface area (Å²) in [4.78, 5) is 9.01. The van der Waals surface area contributed by atoms with Crippen molar-refractivity contribution in [1.82, 2.24) is 9.97 Å². The highest BCUT2D eigenvalue weighted by molar-refractivity contribution is 5.50. The van der Waals surface area contributed by atoms with Crippen LogP contribution in [0.3, 0.4) is 0 Å². The molecule has 1 heterocycles. The first-order valence-electron chi connectivity index (χ1n) is 8.29. The molecular formula is C18H21F2N3O2. The average molecular weight is 349 g/mol. The van der Waals surface area contributed by atoms with Crippen molar-refractivity contribution in [3.8, 4) is 11.5 Å². The number of hydrogen-bond acceptors (Lipinski definition) is 5. The van der Waals surface area contributed by atoms with Crippen LogP contribution >= 0.6 is 0 Å². The monoisotopic (exact) mass is 349 g/mol. The number of alkyl halides is 2. The van der Waals surface area contributed by atoms with Gasteiger partial charge in [0, 0.05) is 23.4 Å². The Morgan fingerprint density at radius 3 is 2.76 bits per heavy atom. The lowest BCUT2D eigenvalue weighted by atomic mass is 9.96. The molecule has 0 bridgehead atoms. The molecule has 3 rings (SSSR count). The number of fused-ring (bicyclic) bond motifs is 1. The lowest BCUT2D eigenvalue weighted by Gasteiger charge is -2.20. The summed E-state index contributed by atoms with van der Waals surface area (Å²) >= 11 is 0. The van der Waals surface area contributed by atoms with E-state index in [0.29, 0.717) is 23.7 Å². The Balaban J connectivity index is 1.85. The van der Waals surface area contributed by atoms with Crippen LogP contribution in [-0.2, 0) is 19.4 Å². The van der Waals surface area contributed by atoms with Gasteiger partial charge in [-0.1, -0.05) is 0 Å². The smallest absolute Gasteiger partial charge is 0.387 e. The van der Waals surface area contributed by atoms with Crippen LogP contribution in [0.4, 0.5) is 14.6 Å². The average Bonchev–Trinajstić information content (AvgIpc) is 2.60. The maximum atomic E-state index is 12.6. The second-order valence-electron chi connectivity index (χ2n) is 5.96. The van der Waals surface area contributed by atoms with Crippen LogP contribution < -0.4 is 14.8 Å². The molecule has 1 aromatic heterocycles. The predicted molar refractivity (Wildman–Crippen MR) is 90.4 cm³/mol. The van der Waals surface area contributed by atoms with Gasteiger partial charge in [-0.2, -0.15) is 8.78 Å². The second-order valence-corrected chi connectivity index (χ2v) is 5.96. The van der Waals surface area contributed by atoms with Gasteiger partial charge >= 0.3 is 6.61 Å². The van der Waals surface area contributed by atoms with E-state index in [-0.39, 0.29) is 5.75 Å². The van der Waals surface area contributed by atoms with E-state index in [2.05, 4.69) is 20.0 Å². The molecule has 1 N–H and O–H groups in total. The minimum Gasteiger partial charge on any atom is -0.497 e. The van der Waals surface area contributed by atoms with Crippen LogP contribution in [0.5, 0.6) is 11.5 Å². The molecule has 25 heavy (non-hydrogen) atoms. The Hall–Kier alpha value is -2.44. The van der Waals surface area contributed by atoms with Gasteiger partial charge in [0.25, 0.3) is 0 Å². The lowest BCUT2D eigenvalue weighted by Crippen LogP contribution is -2.14. The maximum absolute atomic E-state index is 12.6. The molecule has 1 aliphatic carbocycles. The zero-order chi connectivity index (χ0) is 17.8. The van der Waals surface area contributed by atoms with Crippen molar-refractivity contribution in [3.63, 3.8) is 0 Å². The fraction of sp³-hybridized carbons (Fsp3) is 0.444. The van der Waals surface area contributed by atoms with Crippen LogP contribution in [0.25, 0.3) is 0 Å². The molecule has 7 heteroatoms. The third kappa shape index (κ3) is 4.15. The molecule has 5 nitrogen and oxygen atoms in total. The topological polar surface area (TPSA) is 56.3 Å². The number of anilines is 1. The molecule has 1 aromatic carbocycles. The number of ether oxygens (including phenoxy) is 2. The molecule has 0 radical (unpaired) electrons. The van der Waals surface area contributed by atoms with Crippen LogP contribution in [0.1, 0.15) is 35.5 Å². The Labute approximate surface area is 145 Å². The summed E-state index contributed by atoms with van der Waals surface area (Å²) in [5.41, 5.74) is 2.78. The highest BCUT2D eigenvalue weighted by Gasteiger charge is 2.17. The van der Waals surface area contributed by atoms with Crippen molar-refractivity contribution in [2.75, 3.05) is 12.4 Å². The van der Waals surface area contributed by atoms with E-state index in [9.17, 15) is 8.78 Å².